The SMILES string of the molecule is CCCCNC(=O)NC(NC(=O)NCCCC)c1ccc(Cl)cc1. The zero-order chi connectivity index (χ0) is 17.8. The van der Waals surface area contributed by atoms with E-state index >= 15 is 0 Å². The third-order valence-corrected chi connectivity index (χ3v) is 3.64. The smallest absolute Gasteiger partial charge is 0.316 e. The summed E-state index contributed by atoms with van der Waals surface area (Å²) >= 11 is 5.90. The third-order valence-electron chi connectivity index (χ3n) is 3.39. The van der Waals surface area contributed by atoms with Crippen molar-refractivity contribution in [2.45, 2.75) is 45.7 Å². The molecule has 0 atom stereocenters. The maximum absolute atomic E-state index is 12.0. The maximum atomic E-state index is 12.0. The number of rotatable bonds is 9. The topological polar surface area (TPSA) is 82.3 Å². The van der Waals surface area contributed by atoms with Gasteiger partial charge >= 0.3 is 12.1 Å². The Morgan fingerprint density at radius 1 is 0.917 bits per heavy atom. The Morgan fingerprint density at radius 2 is 1.38 bits per heavy atom. The molecule has 0 bridgehead atoms. The van der Waals surface area contributed by atoms with Crippen LogP contribution in [0.3, 0.4) is 0 Å². The molecule has 0 heterocycles. The largest absolute Gasteiger partial charge is 0.338 e. The van der Waals surface area contributed by atoms with Gasteiger partial charge in [-0.1, -0.05) is 50.4 Å². The van der Waals surface area contributed by atoms with E-state index in [0.717, 1.165) is 31.2 Å². The Balaban J connectivity index is 2.66. The predicted octanol–water partition coefficient (Wildman–Crippen LogP) is 3.54. The van der Waals surface area contributed by atoms with Crippen molar-refractivity contribution < 1.29 is 9.59 Å². The maximum Gasteiger partial charge on any atom is 0.316 e. The quantitative estimate of drug-likeness (QED) is 0.404. The number of carbonyl (C=O) groups excluding carboxylic acids is 2. The summed E-state index contributed by atoms with van der Waals surface area (Å²) in [7, 11) is 0. The molecule has 4 N–H and O–H groups in total. The monoisotopic (exact) mass is 354 g/mol. The first-order valence-corrected chi connectivity index (χ1v) is 8.78. The van der Waals surface area contributed by atoms with Crippen molar-refractivity contribution in [1.29, 1.82) is 0 Å². The molecule has 0 fully saturated rings. The highest BCUT2D eigenvalue weighted by molar-refractivity contribution is 6.30. The second kappa shape index (κ2) is 11.6. The van der Waals surface area contributed by atoms with E-state index < -0.39 is 6.17 Å². The minimum atomic E-state index is -0.634. The van der Waals surface area contributed by atoms with Gasteiger partial charge in [-0.25, -0.2) is 9.59 Å². The Hall–Kier alpha value is -1.95. The lowest BCUT2D eigenvalue weighted by molar-refractivity contribution is 0.226. The predicted molar refractivity (Wildman–Crippen MR) is 97.1 cm³/mol. The van der Waals surface area contributed by atoms with Crippen LogP contribution in [-0.2, 0) is 0 Å². The van der Waals surface area contributed by atoms with Crippen LogP contribution in [0.15, 0.2) is 24.3 Å². The molecule has 0 spiro atoms. The summed E-state index contributed by atoms with van der Waals surface area (Å²) in [5.41, 5.74) is 0.746. The highest BCUT2D eigenvalue weighted by Crippen LogP contribution is 2.14. The summed E-state index contributed by atoms with van der Waals surface area (Å²) in [6, 6.07) is 6.33. The van der Waals surface area contributed by atoms with Crippen LogP contribution in [0.2, 0.25) is 5.02 Å². The second-order valence-corrected chi connectivity index (χ2v) is 5.93. The summed E-state index contributed by atoms with van der Waals surface area (Å²) < 4.78 is 0. The van der Waals surface area contributed by atoms with E-state index in [1.54, 1.807) is 24.3 Å². The van der Waals surface area contributed by atoms with Crippen molar-refractivity contribution in [3.63, 3.8) is 0 Å². The van der Waals surface area contributed by atoms with Gasteiger partial charge in [0.2, 0.25) is 0 Å². The van der Waals surface area contributed by atoms with Crippen LogP contribution < -0.4 is 21.3 Å². The summed E-state index contributed by atoms with van der Waals surface area (Å²) in [6.45, 7) is 5.30. The Morgan fingerprint density at radius 3 is 1.79 bits per heavy atom. The first-order valence-electron chi connectivity index (χ1n) is 8.41. The van der Waals surface area contributed by atoms with Crippen molar-refractivity contribution in [1.82, 2.24) is 21.3 Å². The number of carbonyl (C=O) groups is 2. The molecule has 0 radical (unpaired) electrons. The van der Waals surface area contributed by atoms with Crippen LogP contribution in [-0.4, -0.2) is 25.2 Å². The lowest BCUT2D eigenvalue weighted by atomic mass is 10.2. The van der Waals surface area contributed by atoms with Crippen LogP contribution in [0, 0.1) is 0 Å². The van der Waals surface area contributed by atoms with Crippen molar-refractivity contribution in [2.75, 3.05) is 13.1 Å². The average Bonchev–Trinajstić information content (AvgIpc) is 2.55. The third kappa shape index (κ3) is 8.06. The normalized spacial score (nSPS) is 10.3. The molecule has 24 heavy (non-hydrogen) atoms. The second-order valence-electron chi connectivity index (χ2n) is 5.49. The van der Waals surface area contributed by atoms with Gasteiger partial charge in [-0.15, -0.1) is 0 Å². The molecule has 0 saturated carbocycles. The molecule has 0 unspecified atom stereocenters. The molecule has 1 aromatic rings. The number of nitrogens with one attached hydrogen (secondary N) is 4. The zero-order valence-electron chi connectivity index (χ0n) is 14.3. The lowest BCUT2D eigenvalue weighted by Crippen LogP contribution is -2.48. The van der Waals surface area contributed by atoms with E-state index in [1.165, 1.54) is 0 Å². The summed E-state index contributed by atoms with van der Waals surface area (Å²) in [5, 5.41) is 11.7. The zero-order valence-corrected chi connectivity index (χ0v) is 15.1. The molecule has 4 amide bonds. The average molecular weight is 355 g/mol. The number of benzene rings is 1. The minimum Gasteiger partial charge on any atom is -0.338 e. The summed E-state index contributed by atoms with van der Waals surface area (Å²) in [4.78, 5) is 24.0. The Labute approximate surface area is 148 Å². The highest BCUT2D eigenvalue weighted by atomic mass is 35.5. The molecule has 134 valence electrons. The van der Waals surface area contributed by atoms with Crippen molar-refractivity contribution >= 4 is 23.7 Å². The molecule has 6 nitrogen and oxygen atoms in total. The van der Waals surface area contributed by atoms with Gasteiger partial charge in [-0.3, -0.25) is 0 Å². The van der Waals surface area contributed by atoms with Gasteiger partial charge in [0, 0.05) is 18.1 Å². The van der Waals surface area contributed by atoms with Gasteiger partial charge < -0.3 is 21.3 Å². The first-order chi connectivity index (χ1) is 11.6. The number of hydrogen-bond donors (Lipinski definition) is 4. The van der Waals surface area contributed by atoms with Crippen molar-refractivity contribution in [2.24, 2.45) is 0 Å². The van der Waals surface area contributed by atoms with Crippen LogP contribution in [0.5, 0.6) is 0 Å². The van der Waals surface area contributed by atoms with E-state index in [-0.39, 0.29) is 12.1 Å². The van der Waals surface area contributed by atoms with Gasteiger partial charge in [0.1, 0.15) is 6.17 Å². The molecule has 0 aliphatic rings. The van der Waals surface area contributed by atoms with Gasteiger partial charge in [-0.05, 0) is 30.5 Å². The fourth-order valence-electron chi connectivity index (χ4n) is 1.98. The van der Waals surface area contributed by atoms with Crippen LogP contribution in [0.25, 0.3) is 0 Å². The number of hydrogen-bond acceptors (Lipinski definition) is 2. The number of halogens is 1. The molecule has 1 aromatic carbocycles. The van der Waals surface area contributed by atoms with E-state index in [4.69, 9.17) is 11.6 Å². The molecule has 7 heteroatoms. The summed E-state index contributed by atoms with van der Waals surface area (Å²) in [5.74, 6) is 0. The van der Waals surface area contributed by atoms with Gasteiger partial charge in [0.05, 0.1) is 0 Å². The van der Waals surface area contributed by atoms with E-state index in [9.17, 15) is 9.59 Å². The number of amides is 4. The first kappa shape index (κ1) is 20.1. The van der Waals surface area contributed by atoms with Crippen molar-refractivity contribution in [3.8, 4) is 0 Å². The van der Waals surface area contributed by atoms with Crippen LogP contribution in [0.4, 0.5) is 9.59 Å². The molecular formula is C17H27ClN4O2. The van der Waals surface area contributed by atoms with Gasteiger partial charge in [0.15, 0.2) is 0 Å². The molecule has 0 aliphatic heterocycles. The number of unbranched alkanes of at least 4 members (excludes halogenated alkanes) is 2. The summed E-state index contributed by atoms with van der Waals surface area (Å²) in [6.07, 6.45) is 3.18. The Bertz CT molecular complexity index is 484. The lowest BCUT2D eigenvalue weighted by Gasteiger charge is -2.21. The van der Waals surface area contributed by atoms with Crippen molar-refractivity contribution in [3.05, 3.63) is 34.9 Å². The van der Waals surface area contributed by atoms with Crippen LogP contribution in [0.1, 0.15) is 51.3 Å². The minimum absolute atomic E-state index is 0.322. The van der Waals surface area contributed by atoms with E-state index in [0.29, 0.717) is 18.1 Å². The molecular weight excluding hydrogens is 328 g/mol. The Kier molecular flexibility index (Phi) is 9.68. The molecule has 1 rings (SSSR count). The van der Waals surface area contributed by atoms with Crippen LogP contribution >= 0.6 is 11.6 Å². The number of urea groups is 2. The fourth-order valence-corrected chi connectivity index (χ4v) is 2.11. The standard InChI is InChI=1S/C17H27ClN4O2/c1-3-5-11-19-16(23)21-15(13-7-9-14(18)10-8-13)22-17(24)20-12-6-4-2/h7-10,15H,3-6,11-12H2,1-2H3,(H2,19,21,23)(H2,20,22,24). The van der Waals surface area contributed by atoms with E-state index in [2.05, 4.69) is 35.1 Å². The van der Waals surface area contributed by atoms with Gasteiger partial charge in [-0.2, -0.15) is 0 Å². The van der Waals surface area contributed by atoms with Gasteiger partial charge in [0.25, 0.3) is 0 Å². The molecule has 0 saturated heterocycles. The van der Waals surface area contributed by atoms with E-state index in [1.807, 2.05) is 0 Å². The fraction of sp³-hybridized carbons (Fsp3) is 0.529. The highest BCUT2D eigenvalue weighted by Gasteiger charge is 2.16. The molecule has 0 aliphatic carbocycles. The molecule has 0 aromatic heterocycles.